The highest BCUT2D eigenvalue weighted by atomic mass is 32.2. The molecule has 0 aliphatic carbocycles. The summed E-state index contributed by atoms with van der Waals surface area (Å²) in [7, 11) is -3.39. The number of alkyl carbamates (subject to hydrolysis) is 1. The highest BCUT2D eigenvalue weighted by molar-refractivity contribution is 7.93. The van der Waals surface area contributed by atoms with Crippen LogP contribution < -0.4 is 5.32 Å². The van der Waals surface area contributed by atoms with Gasteiger partial charge in [-0.25, -0.2) is 13.2 Å². The highest BCUT2D eigenvalue weighted by Crippen LogP contribution is 2.11. The summed E-state index contributed by atoms with van der Waals surface area (Å²) in [5, 5.41) is 3.38. The molecule has 0 rings (SSSR count). The monoisotopic (exact) mass is 349 g/mol. The van der Waals surface area contributed by atoms with Crippen LogP contribution in [-0.4, -0.2) is 44.0 Å². The molecule has 8 heteroatoms. The van der Waals surface area contributed by atoms with Gasteiger partial charge < -0.3 is 14.8 Å². The summed E-state index contributed by atoms with van der Waals surface area (Å²) in [5.41, 5.74) is -1.38. The molecule has 0 spiro atoms. The van der Waals surface area contributed by atoms with E-state index in [1.54, 1.807) is 41.5 Å². The lowest BCUT2D eigenvalue weighted by molar-refractivity contribution is -0.155. The van der Waals surface area contributed by atoms with Crippen molar-refractivity contribution in [1.82, 2.24) is 5.32 Å². The second kappa shape index (κ2) is 7.81. The molecule has 0 saturated carbocycles. The minimum atomic E-state index is -3.39. The molecule has 0 radical (unpaired) electrons. The molecule has 134 valence electrons. The number of ether oxygens (including phenoxy) is 2. The molecule has 0 bridgehead atoms. The van der Waals surface area contributed by atoms with Crippen molar-refractivity contribution in [2.45, 2.75) is 65.2 Å². The first-order valence-corrected chi connectivity index (χ1v) is 9.12. The summed E-state index contributed by atoms with van der Waals surface area (Å²) in [6.07, 6.45) is 1.29. The highest BCUT2D eigenvalue weighted by Gasteiger charge is 2.23. The first-order chi connectivity index (χ1) is 10.1. The van der Waals surface area contributed by atoms with Crippen molar-refractivity contribution in [3.63, 3.8) is 0 Å². The first-order valence-electron chi connectivity index (χ1n) is 7.17. The third-order valence-electron chi connectivity index (χ3n) is 2.07. The molecule has 0 fully saturated rings. The van der Waals surface area contributed by atoms with Gasteiger partial charge in [0.15, 0.2) is 9.84 Å². The topological polar surface area (TPSA) is 98.8 Å². The number of amides is 1. The third-order valence-corrected chi connectivity index (χ3v) is 2.72. The van der Waals surface area contributed by atoms with E-state index < -0.39 is 39.1 Å². The van der Waals surface area contributed by atoms with Crippen LogP contribution in [0.1, 0.15) is 48.0 Å². The number of carbonyl (C=O) groups excluding carboxylic acids is 2. The fourth-order valence-corrected chi connectivity index (χ4v) is 1.90. The van der Waals surface area contributed by atoms with Crippen molar-refractivity contribution in [2.24, 2.45) is 0 Å². The Morgan fingerprint density at radius 2 is 1.52 bits per heavy atom. The molecule has 1 atom stereocenters. The van der Waals surface area contributed by atoms with E-state index >= 15 is 0 Å². The molecular weight excluding hydrogens is 322 g/mol. The van der Waals surface area contributed by atoms with E-state index in [0.717, 1.165) is 11.7 Å². The number of sulfone groups is 1. The fourth-order valence-electron chi connectivity index (χ4n) is 1.43. The molecule has 0 aromatic carbocycles. The molecule has 0 aromatic heterocycles. The van der Waals surface area contributed by atoms with E-state index in [2.05, 4.69) is 5.32 Å². The number of nitrogens with one attached hydrogen (secondary N) is 1. The number of esters is 1. The Labute approximate surface area is 138 Å². The average molecular weight is 349 g/mol. The van der Waals surface area contributed by atoms with Gasteiger partial charge in [-0.1, -0.05) is 6.08 Å². The summed E-state index contributed by atoms with van der Waals surface area (Å²) in [6, 6.07) is -0.852. The smallest absolute Gasteiger partial charge is 0.408 e. The van der Waals surface area contributed by atoms with Crippen LogP contribution >= 0.6 is 0 Å². The number of hydrogen-bond donors (Lipinski definition) is 1. The zero-order chi connectivity index (χ0) is 18.5. The summed E-state index contributed by atoms with van der Waals surface area (Å²) in [5.74, 6) is -0.559. The minimum absolute atomic E-state index is 0.206. The van der Waals surface area contributed by atoms with Gasteiger partial charge in [-0.05, 0) is 41.5 Å². The Morgan fingerprint density at radius 3 is 1.91 bits per heavy atom. The van der Waals surface area contributed by atoms with Crippen molar-refractivity contribution in [3.05, 3.63) is 11.5 Å². The van der Waals surface area contributed by atoms with Gasteiger partial charge in [0.1, 0.15) is 11.2 Å². The number of carbonyl (C=O) groups is 2. The standard InChI is InChI=1S/C15H27NO6S/c1-14(2,3)21-12(17)10-11(8-9-23(7,19)20)16-13(18)22-15(4,5)6/h8-9,11H,10H2,1-7H3,(H,16,18)/t11-/m1/s1. The second-order valence-corrected chi connectivity index (χ2v) is 9.13. The molecule has 7 nitrogen and oxygen atoms in total. The van der Waals surface area contributed by atoms with Crippen LogP contribution in [0, 0.1) is 0 Å². The molecule has 1 N–H and O–H groups in total. The van der Waals surface area contributed by atoms with Crippen LogP contribution in [0.25, 0.3) is 0 Å². The van der Waals surface area contributed by atoms with Crippen molar-refractivity contribution in [1.29, 1.82) is 0 Å². The molecule has 0 aliphatic heterocycles. The van der Waals surface area contributed by atoms with E-state index in [-0.39, 0.29) is 6.42 Å². The van der Waals surface area contributed by atoms with E-state index in [1.165, 1.54) is 6.08 Å². The molecule has 1 amide bonds. The lowest BCUT2D eigenvalue weighted by Gasteiger charge is -2.23. The maximum absolute atomic E-state index is 11.9. The Balaban J connectivity index is 4.99. The van der Waals surface area contributed by atoms with Crippen LogP contribution in [0.4, 0.5) is 4.79 Å². The zero-order valence-electron chi connectivity index (χ0n) is 14.8. The maximum atomic E-state index is 11.9. The van der Waals surface area contributed by atoms with Crippen LogP contribution in [0.2, 0.25) is 0 Å². The Hall–Kier alpha value is -1.57. The summed E-state index contributed by atoms with van der Waals surface area (Å²) in [6.45, 7) is 10.2. The molecule has 0 aliphatic rings. The van der Waals surface area contributed by atoms with E-state index in [0.29, 0.717) is 0 Å². The number of hydrogen-bond acceptors (Lipinski definition) is 6. The van der Waals surface area contributed by atoms with Crippen LogP contribution in [-0.2, 0) is 24.1 Å². The van der Waals surface area contributed by atoms with Gasteiger partial charge in [0, 0.05) is 11.7 Å². The van der Waals surface area contributed by atoms with Crippen LogP contribution in [0.5, 0.6) is 0 Å². The third kappa shape index (κ3) is 13.8. The molecule has 0 unspecified atom stereocenters. The van der Waals surface area contributed by atoms with E-state index in [4.69, 9.17) is 9.47 Å². The van der Waals surface area contributed by atoms with Gasteiger partial charge in [0.2, 0.25) is 0 Å². The maximum Gasteiger partial charge on any atom is 0.408 e. The van der Waals surface area contributed by atoms with Gasteiger partial charge in [0.05, 0.1) is 12.5 Å². The number of rotatable bonds is 5. The summed E-state index contributed by atoms with van der Waals surface area (Å²) in [4.78, 5) is 23.7. The minimum Gasteiger partial charge on any atom is -0.460 e. The van der Waals surface area contributed by atoms with Crippen LogP contribution in [0.3, 0.4) is 0 Å². The van der Waals surface area contributed by atoms with E-state index in [1.807, 2.05) is 0 Å². The predicted octanol–water partition coefficient (Wildman–Crippen LogP) is 2.17. The van der Waals surface area contributed by atoms with Gasteiger partial charge in [0.25, 0.3) is 0 Å². The van der Waals surface area contributed by atoms with Gasteiger partial charge in [-0.15, -0.1) is 0 Å². The Morgan fingerprint density at radius 1 is 1.04 bits per heavy atom. The van der Waals surface area contributed by atoms with Crippen LogP contribution in [0.15, 0.2) is 11.5 Å². The van der Waals surface area contributed by atoms with Gasteiger partial charge in [-0.3, -0.25) is 4.79 Å². The summed E-state index contributed by atoms with van der Waals surface area (Å²) < 4.78 is 32.7. The molecule has 0 saturated heterocycles. The quantitative estimate of drug-likeness (QED) is 0.764. The van der Waals surface area contributed by atoms with Crippen molar-refractivity contribution in [3.8, 4) is 0 Å². The largest absolute Gasteiger partial charge is 0.460 e. The Kier molecular flexibility index (Phi) is 7.27. The van der Waals surface area contributed by atoms with E-state index in [9.17, 15) is 18.0 Å². The molecule has 0 heterocycles. The normalized spacial score (nSPS) is 14.4. The van der Waals surface area contributed by atoms with Crippen molar-refractivity contribution in [2.75, 3.05) is 6.26 Å². The molecular formula is C15H27NO6S. The average Bonchev–Trinajstić information content (AvgIpc) is 2.18. The Bertz CT molecular complexity index is 521. The summed E-state index contributed by atoms with van der Waals surface area (Å²) >= 11 is 0. The lowest BCUT2D eigenvalue weighted by atomic mass is 10.1. The van der Waals surface area contributed by atoms with Gasteiger partial charge in [-0.2, -0.15) is 0 Å². The van der Waals surface area contributed by atoms with Gasteiger partial charge >= 0.3 is 12.1 Å². The predicted molar refractivity (Wildman–Crippen MR) is 87.6 cm³/mol. The second-order valence-electron chi connectivity index (χ2n) is 7.20. The lowest BCUT2D eigenvalue weighted by Crippen LogP contribution is -2.40. The van der Waals surface area contributed by atoms with Crippen molar-refractivity contribution >= 4 is 21.9 Å². The van der Waals surface area contributed by atoms with Crippen molar-refractivity contribution < 1.29 is 27.5 Å². The molecule has 23 heavy (non-hydrogen) atoms. The first kappa shape index (κ1) is 21.4. The fraction of sp³-hybridized carbons (Fsp3) is 0.733. The zero-order valence-corrected chi connectivity index (χ0v) is 15.6. The molecule has 0 aromatic rings. The SMILES string of the molecule is CC(C)(C)OC(=O)C[C@@H](C=CS(C)(=O)=O)NC(=O)OC(C)(C)C.